The van der Waals surface area contributed by atoms with E-state index >= 15 is 0 Å². The van der Waals surface area contributed by atoms with Gasteiger partial charge in [-0.1, -0.05) is 20.8 Å². The number of hydrogen-bond donors (Lipinski definition) is 1. The molecule has 0 radical (unpaired) electrons. The molecular formula is C22H31N3O4. The van der Waals surface area contributed by atoms with Crippen molar-refractivity contribution < 1.29 is 19.0 Å². The Labute approximate surface area is 172 Å². The van der Waals surface area contributed by atoms with E-state index in [2.05, 4.69) is 31.9 Å². The number of benzene rings is 1. The Kier molecular flexibility index (Phi) is 6.17. The van der Waals surface area contributed by atoms with Crippen LogP contribution < -0.4 is 10.5 Å². The second-order valence-electron chi connectivity index (χ2n) is 8.72. The van der Waals surface area contributed by atoms with Gasteiger partial charge in [0.15, 0.2) is 0 Å². The summed E-state index contributed by atoms with van der Waals surface area (Å²) >= 11 is 0. The summed E-state index contributed by atoms with van der Waals surface area (Å²) in [7, 11) is 1.93. The van der Waals surface area contributed by atoms with Gasteiger partial charge in [0.1, 0.15) is 11.9 Å². The fraction of sp³-hybridized carbons (Fsp3) is 0.545. The molecule has 158 valence electrons. The van der Waals surface area contributed by atoms with E-state index in [1.165, 1.54) is 0 Å². The highest BCUT2D eigenvalue weighted by Crippen LogP contribution is 2.36. The van der Waals surface area contributed by atoms with Gasteiger partial charge in [0.25, 0.3) is 0 Å². The summed E-state index contributed by atoms with van der Waals surface area (Å²) in [6, 6.07) is 9.90. The SMILES string of the molecule is Cc1cc(-c2ccc(OCC3C(OC(N)=O)CCOC3C(C)(C)C)cc2)nn1C. The Hall–Kier alpha value is -2.54. The molecule has 3 unspecified atom stereocenters. The van der Waals surface area contributed by atoms with Gasteiger partial charge in [-0.2, -0.15) is 5.10 Å². The molecule has 1 aliphatic heterocycles. The highest BCUT2D eigenvalue weighted by molar-refractivity contribution is 5.64. The van der Waals surface area contributed by atoms with E-state index in [1.54, 1.807) is 0 Å². The maximum absolute atomic E-state index is 11.4. The Balaban J connectivity index is 1.71. The van der Waals surface area contributed by atoms with Gasteiger partial charge in [-0.3, -0.25) is 4.68 Å². The maximum atomic E-state index is 11.4. The van der Waals surface area contributed by atoms with Crippen LogP contribution >= 0.6 is 0 Å². The molecule has 1 saturated heterocycles. The molecule has 7 heteroatoms. The molecule has 1 aromatic heterocycles. The molecule has 0 aliphatic carbocycles. The van der Waals surface area contributed by atoms with Gasteiger partial charge < -0.3 is 19.9 Å². The van der Waals surface area contributed by atoms with Crippen molar-refractivity contribution in [2.24, 2.45) is 24.1 Å². The van der Waals surface area contributed by atoms with Crippen LogP contribution in [-0.4, -0.2) is 41.3 Å². The normalized spacial score (nSPS) is 22.3. The van der Waals surface area contributed by atoms with E-state index in [0.29, 0.717) is 19.6 Å². The molecule has 7 nitrogen and oxygen atoms in total. The Morgan fingerprint density at radius 1 is 1.31 bits per heavy atom. The first kappa shape index (κ1) is 21.2. The number of amides is 1. The van der Waals surface area contributed by atoms with E-state index in [4.69, 9.17) is 19.9 Å². The molecule has 1 amide bonds. The number of ether oxygens (including phenoxy) is 3. The summed E-state index contributed by atoms with van der Waals surface area (Å²) in [6.45, 7) is 9.27. The second kappa shape index (κ2) is 8.45. The molecule has 1 aliphatic rings. The van der Waals surface area contributed by atoms with E-state index in [1.807, 2.05) is 42.9 Å². The Morgan fingerprint density at radius 3 is 2.55 bits per heavy atom. The minimum Gasteiger partial charge on any atom is -0.493 e. The molecule has 0 spiro atoms. The Morgan fingerprint density at radius 2 is 2.00 bits per heavy atom. The number of nitrogens with two attached hydrogens (primary N) is 1. The van der Waals surface area contributed by atoms with Crippen molar-refractivity contribution in [3.8, 4) is 17.0 Å². The van der Waals surface area contributed by atoms with Gasteiger partial charge in [0.2, 0.25) is 0 Å². The topological polar surface area (TPSA) is 88.6 Å². The van der Waals surface area contributed by atoms with Crippen LogP contribution in [0, 0.1) is 18.3 Å². The monoisotopic (exact) mass is 401 g/mol. The lowest BCUT2D eigenvalue weighted by Gasteiger charge is -2.43. The van der Waals surface area contributed by atoms with Gasteiger partial charge in [-0.25, -0.2) is 4.79 Å². The number of nitrogens with zero attached hydrogens (tertiary/aromatic N) is 2. The van der Waals surface area contributed by atoms with Crippen LogP contribution in [0.25, 0.3) is 11.3 Å². The van der Waals surface area contributed by atoms with E-state index < -0.39 is 6.09 Å². The number of aryl methyl sites for hydroxylation is 2. The summed E-state index contributed by atoms with van der Waals surface area (Å²) in [5.74, 6) is 0.645. The maximum Gasteiger partial charge on any atom is 0.404 e. The van der Waals surface area contributed by atoms with Gasteiger partial charge in [0, 0.05) is 24.7 Å². The number of hydrogen-bond acceptors (Lipinski definition) is 5. The molecular weight excluding hydrogens is 370 g/mol. The fourth-order valence-electron chi connectivity index (χ4n) is 3.84. The zero-order valence-electron chi connectivity index (χ0n) is 17.8. The van der Waals surface area contributed by atoms with Crippen LogP contribution in [0.4, 0.5) is 4.79 Å². The van der Waals surface area contributed by atoms with Gasteiger partial charge >= 0.3 is 6.09 Å². The van der Waals surface area contributed by atoms with Crippen LogP contribution in [0.5, 0.6) is 5.75 Å². The largest absolute Gasteiger partial charge is 0.493 e. The van der Waals surface area contributed by atoms with Crippen LogP contribution in [0.3, 0.4) is 0 Å². The molecule has 0 bridgehead atoms. The molecule has 1 aromatic carbocycles. The minimum atomic E-state index is -0.760. The van der Waals surface area contributed by atoms with E-state index in [9.17, 15) is 4.79 Å². The van der Waals surface area contributed by atoms with Crippen LogP contribution in [0.15, 0.2) is 30.3 Å². The molecule has 3 rings (SSSR count). The minimum absolute atomic E-state index is 0.101. The second-order valence-corrected chi connectivity index (χ2v) is 8.72. The molecule has 2 heterocycles. The number of primary amides is 1. The Bertz CT molecular complexity index is 819. The molecule has 3 atom stereocenters. The van der Waals surface area contributed by atoms with Crippen molar-refractivity contribution in [2.45, 2.75) is 46.3 Å². The predicted molar refractivity (Wildman–Crippen MR) is 111 cm³/mol. The average Bonchev–Trinajstić information content (AvgIpc) is 2.98. The summed E-state index contributed by atoms with van der Waals surface area (Å²) in [5, 5.41) is 4.50. The smallest absolute Gasteiger partial charge is 0.404 e. The summed E-state index contributed by atoms with van der Waals surface area (Å²) in [4.78, 5) is 11.4. The third-order valence-corrected chi connectivity index (χ3v) is 5.39. The lowest BCUT2D eigenvalue weighted by molar-refractivity contribution is -0.143. The van der Waals surface area contributed by atoms with Crippen molar-refractivity contribution >= 4 is 6.09 Å². The van der Waals surface area contributed by atoms with Crippen LogP contribution in [-0.2, 0) is 16.5 Å². The lowest BCUT2D eigenvalue weighted by atomic mass is 9.77. The third kappa shape index (κ3) is 5.09. The van der Waals surface area contributed by atoms with Crippen molar-refractivity contribution in [1.29, 1.82) is 0 Å². The summed E-state index contributed by atoms with van der Waals surface area (Å²) in [6.07, 6.45) is -0.566. The average molecular weight is 402 g/mol. The molecule has 2 N–H and O–H groups in total. The fourth-order valence-corrected chi connectivity index (χ4v) is 3.84. The van der Waals surface area contributed by atoms with E-state index in [-0.39, 0.29) is 23.5 Å². The predicted octanol–water partition coefficient (Wildman–Crippen LogP) is 3.69. The van der Waals surface area contributed by atoms with Crippen LogP contribution in [0.1, 0.15) is 32.9 Å². The quantitative estimate of drug-likeness (QED) is 0.825. The zero-order chi connectivity index (χ0) is 21.2. The summed E-state index contributed by atoms with van der Waals surface area (Å²) < 4.78 is 19.3. The molecule has 0 saturated carbocycles. The lowest BCUT2D eigenvalue weighted by Crippen LogP contribution is -2.51. The molecule has 1 fully saturated rings. The summed E-state index contributed by atoms with van der Waals surface area (Å²) in [5.41, 5.74) is 8.23. The number of carbonyl (C=O) groups excluding carboxylic acids is 1. The number of aromatic nitrogens is 2. The molecule has 2 aromatic rings. The van der Waals surface area contributed by atoms with Crippen molar-refractivity contribution in [1.82, 2.24) is 9.78 Å². The zero-order valence-corrected chi connectivity index (χ0v) is 17.8. The standard InChI is InChI=1S/C22H31N3O4/c1-14-12-18(24-25(14)5)15-6-8-16(9-7-15)28-13-17-19(29-21(23)26)10-11-27-20(17)22(2,3)4/h6-9,12,17,19-20H,10-11,13H2,1-5H3,(H2,23,26). The highest BCUT2D eigenvalue weighted by atomic mass is 16.6. The van der Waals surface area contributed by atoms with Crippen molar-refractivity contribution in [3.63, 3.8) is 0 Å². The highest BCUT2D eigenvalue weighted by Gasteiger charge is 2.43. The van der Waals surface area contributed by atoms with Gasteiger partial charge in [-0.15, -0.1) is 0 Å². The number of carbonyl (C=O) groups is 1. The first-order valence-corrected chi connectivity index (χ1v) is 9.96. The third-order valence-electron chi connectivity index (χ3n) is 5.39. The van der Waals surface area contributed by atoms with E-state index in [0.717, 1.165) is 22.7 Å². The van der Waals surface area contributed by atoms with Crippen molar-refractivity contribution in [2.75, 3.05) is 13.2 Å². The van der Waals surface area contributed by atoms with Crippen LogP contribution in [0.2, 0.25) is 0 Å². The van der Waals surface area contributed by atoms with Gasteiger partial charge in [-0.05, 0) is 42.7 Å². The van der Waals surface area contributed by atoms with Gasteiger partial charge in [0.05, 0.1) is 30.9 Å². The van der Waals surface area contributed by atoms with Crippen molar-refractivity contribution in [3.05, 3.63) is 36.0 Å². The first-order chi connectivity index (χ1) is 13.6. The first-order valence-electron chi connectivity index (χ1n) is 9.96. The number of rotatable bonds is 5. The molecule has 29 heavy (non-hydrogen) atoms.